The quantitative estimate of drug-likeness (QED) is 0.422. The van der Waals surface area contributed by atoms with Gasteiger partial charge in [0.05, 0.1) is 23.4 Å². The van der Waals surface area contributed by atoms with Crippen LogP contribution in [0.3, 0.4) is 0 Å². The molecule has 0 amide bonds. The van der Waals surface area contributed by atoms with Crippen LogP contribution < -0.4 is 0 Å². The molecular weight excluding hydrogens is 326 g/mol. The SMILES string of the molecule is CCCCO[C@@H](c1ccccc1)c1cc(C(=O)OCC)c2ccccn12. The molecule has 1 aromatic carbocycles. The van der Waals surface area contributed by atoms with Crippen molar-refractivity contribution in [2.24, 2.45) is 0 Å². The minimum absolute atomic E-state index is 0.235. The number of carbonyl (C=O) groups is 1. The molecule has 0 radical (unpaired) electrons. The molecule has 2 aromatic heterocycles. The molecule has 0 saturated carbocycles. The molecule has 26 heavy (non-hydrogen) atoms. The Morgan fingerprint density at radius 3 is 2.58 bits per heavy atom. The van der Waals surface area contributed by atoms with E-state index in [4.69, 9.17) is 9.47 Å². The zero-order valence-electron chi connectivity index (χ0n) is 15.4. The Hall–Kier alpha value is -2.59. The molecule has 3 rings (SSSR count). The van der Waals surface area contributed by atoms with E-state index in [9.17, 15) is 4.79 Å². The summed E-state index contributed by atoms with van der Waals surface area (Å²) in [5.41, 5.74) is 3.41. The van der Waals surface area contributed by atoms with Gasteiger partial charge in [0.2, 0.25) is 0 Å². The summed E-state index contributed by atoms with van der Waals surface area (Å²) in [7, 11) is 0. The van der Waals surface area contributed by atoms with Crippen molar-refractivity contribution in [3.05, 3.63) is 77.6 Å². The van der Waals surface area contributed by atoms with Crippen molar-refractivity contribution in [3.63, 3.8) is 0 Å². The van der Waals surface area contributed by atoms with E-state index in [0.29, 0.717) is 18.8 Å². The first-order valence-electron chi connectivity index (χ1n) is 9.19. The van der Waals surface area contributed by atoms with Crippen molar-refractivity contribution in [2.75, 3.05) is 13.2 Å². The van der Waals surface area contributed by atoms with Crippen LogP contribution >= 0.6 is 0 Å². The first-order chi connectivity index (χ1) is 12.8. The maximum Gasteiger partial charge on any atom is 0.340 e. The van der Waals surface area contributed by atoms with Crippen molar-refractivity contribution >= 4 is 11.5 Å². The molecule has 0 bridgehead atoms. The monoisotopic (exact) mass is 351 g/mol. The lowest BCUT2D eigenvalue weighted by Gasteiger charge is -2.19. The number of hydrogen-bond acceptors (Lipinski definition) is 3. The molecule has 0 spiro atoms. The lowest BCUT2D eigenvalue weighted by molar-refractivity contribution is 0.0528. The van der Waals surface area contributed by atoms with Gasteiger partial charge in [-0.2, -0.15) is 0 Å². The number of fused-ring (bicyclic) bond motifs is 1. The summed E-state index contributed by atoms with van der Waals surface area (Å²) >= 11 is 0. The Morgan fingerprint density at radius 2 is 1.85 bits per heavy atom. The van der Waals surface area contributed by atoms with Crippen molar-refractivity contribution < 1.29 is 14.3 Å². The molecule has 0 saturated heterocycles. The fourth-order valence-corrected chi connectivity index (χ4v) is 3.08. The maximum atomic E-state index is 12.4. The van der Waals surface area contributed by atoms with E-state index in [-0.39, 0.29) is 12.1 Å². The molecular formula is C22H25NO3. The van der Waals surface area contributed by atoms with E-state index >= 15 is 0 Å². The summed E-state index contributed by atoms with van der Waals surface area (Å²) in [6.45, 7) is 4.99. The molecule has 0 aliphatic rings. The molecule has 136 valence electrons. The first-order valence-corrected chi connectivity index (χ1v) is 9.19. The van der Waals surface area contributed by atoms with Gasteiger partial charge in [0.1, 0.15) is 6.10 Å². The summed E-state index contributed by atoms with van der Waals surface area (Å²) in [5, 5.41) is 0. The molecule has 0 aliphatic carbocycles. The molecule has 0 unspecified atom stereocenters. The smallest absolute Gasteiger partial charge is 0.340 e. The summed E-state index contributed by atoms with van der Waals surface area (Å²) in [6, 6.07) is 17.8. The Kier molecular flexibility index (Phi) is 6.08. The average molecular weight is 351 g/mol. The van der Waals surface area contributed by atoms with Gasteiger partial charge in [0, 0.05) is 12.8 Å². The number of esters is 1. The molecule has 3 aromatic rings. The zero-order chi connectivity index (χ0) is 18.4. The molecule has 0 aliphatic heterocycles. The lowest BCUT2D eigenvalue weighted by Crippen LogP contribution is -2.10. The second-order valence-corrected chi connectivity index (χ2v) is 6.17. The van der Waals surface area contributed by atoms with Gasteiger partial charge < -0.3 is 13.9 Å². The highest BCUT2D eigenvalue weighted by Gasteiger charge is 2.23. The van der Waals surface area contributed by atoms with Crippen molar-refractivity contribution in [1.82, 2.24) is 4.40 Å². The van der Waals surface area contributed by atoms with Gasteiger partial charge in [0.15, 0.2) is 0 Å². The minimum atomic E-state index is -0.303. The fraction of sp³-hybridized carbons (Fsp3) is 0.318. The van der Waals surface area contributed by atoms with E-state index in [0.717, 1.165) is 29.6 Å². The van der Waals surface area contributed by atoms with Crippen LogP contribution in [0.4, 0.5) is 0 Å². The maximum absolute atomic E-state index is 12.4. The number of carbonyl (C=O) groups excluding carboxylic acids is 1. The molecule has 0 fully saturated rings. The van der Waals surface area contributed by atoms with E-state index < -0.39 is 0 Å². The predicted molar refractivity (Wildman–Crippen MR) is 102 cm³/mol. The van der Waals surface area contributed by atoms with Crippen LogP contribution in [0.5, 0.6) is 0 Å². The third kappa shape index (κ3) is 3.81. The lowest BCUT2D eigenvalue weighted by atomic mass is 10.1. The number of ether oxygens (including phenoxy) is 2. The highest BCUT2D eigenvalue weighted by atomic mass is 16.5. The van der Waals surface area contributed by atoms with Gasteiger partial charge >= 0.3 is 5.97 Å². The average Bonchev–Trinajstić information content (AvgIpc) is 3.06. The summed E-state index contributed by atoms with van der Waals surface area (Å²) in [4.78, 5) is 12.4. The molecule has 4 heteroatoms. The predicted octanol–water partition coefficient (Wildman–Crippen LogP) is 5.02. The third-order valence-corrected chi connectivity index (χ3v) is 4.35. The van der Waals surface area contributed by atoms with Crippen LogP contribution in [0, 0.1) is 0 Å². The summed E-state index contributed by atoms with van der Waals surface area (Å²) in [6.07, 6.45) is 3.80. The number of hydrogen-bond donors (Lipinski definition) is 0. The van der Waals surface area contributed by atoms with Gasteiger partial charge in [0.25, 0.3) is 0 Å². The molecule has 1 atom stereocenters. The van der Waals surface area contributed by atoms with E-state index in [1.807, 2.05) is 60.0 Å². The largest absolute Gasteiger partial charge is 0.462 e. The second kappa shape index (κ2) is 8.68. The first kappa shape index (κ1) is 18.2. The Balaban J connectivity index is 2.08. The Labute approximate surface area is 154 Å². The molecule has 0 N–H and O–H groups in total. The second-order valence-electron chi connectivity index (χ2n) is 6.17. The van der Waals surface area contributed by atoms with Gasteiger partial charge in [-0.3, -0.25) is 0 Å². The van der Waals surface area contributed by atoms with Crippen LogP contribution in [-0.4, -0.2) is 23.6 Å². The topological polar surface area (TPSA) is 39.9 Å². The molecule has 4 nitrogen and oxygen atoms in total. The summed E-state index contributed by atoms with van der Waals surface area (Å²) in [5.74, 6) is -0.303. The molecule has 2 heterocycles. The number of unbranched alkanes of at least 4 members (excludes halogenated alkanes) is 1. The van der Waals surface area contributed by atoms with Crippen molar-refractivity contribution in [3.8, 4) is 0 Å². The number of rotatable bonds is 8. The number of aromatic nitrogens is 1. The van der Waals surface area contributed by atoms with Crippen LogP contribution in [-0.2, 0) is 9.47 Å². The van der Waals surface area contributed by atoms with Crippen molar-refractivity contribution in [1.29, 1.82) is 0 Å². The van der Waals surface area contributed by atoms with Crippen LogP contribution in [0.1, 0.15) is 54.4 Å². The van der Waals surface area contributed by atoms with Gasteiger partial charge in [-0.15, -0.1) is 0 Å². The normalized spacial score (nSPS) is 12.2. The van der Waals surface area contributed by atoms with Crippen LogP contribution in [0.15, 0.2) is 60.8 Å². The van der Waals surface area contributed by atoms with Gasteiger partial charge in [-0.05, 0) is 37.1 Å². The van der Waals surface area contributed by atoms with E-state index in [1.165, 1.54) is 0 Å². The number of nitrogens with zero attached hydrogens (tertiary/aromatic N) is 1. The highest BCUT2D eigenvalue weighted by molar-refractivity contribution is 5.97. The standard InChI is InChI=1S/C22H25NO3/c1-3-5-15-26-21(17-11-7-6-8-12-17)20-16-18(22(24)25-4-2)19-13-9-10-14-23(19)20/h6-14,16,21H,3-5,15H2,1-2H3/t21-/m0/s1. The highest BCUT2D eigenvalue weighted by Crippen LogP contribution is 2.30. The van der Waals surface area contributed by atoms with Crippen molar-refractivity contribution in [2.45, 2.75) is 32.8 Å². The van der Waals surface area contributed by atoms with Crippen LogP contribution in [0.2, 0.25) is 0 Å². The number of pyridine rings is 1. The van der Waals surface area contributed by atoms with E-state index in [1.54, 1.807) is 0 Å². The number of benzene rings is 1. The zero-order valence-corrected chi connectivity index (χ0v) is 15.4. The third-order valence-electron chi connectivity index (χ3n) is 4.35. The fourth-order valence-electron chi connectivity index (χ4n) is 3.08. The van der Waals surface area contributed by atoms with Gasteiger partial charge in [-0.1, -0.05) is 49.7 Å². The van der Waals surface area contributed by atoms with E-state index in [2.05, 4.69) is 19.1 Å². The Morgan fingerprint density at radius 1 is 1.08 bits per heavy atom. The van der Waals surface area contributed by atoms with Gasteiger partial charge in [-0.25, -0.2) is 4.79 Å². The minimum Gasteiger partial charge on any atom is -0.462 e. The summed E-state index contributed by atoms with van der Waals surface area (Å²) < 4.78 is 13.5. The Bertz CT molecular complexity index is 854. The van der Waals surface area contributed by atoms with Crippen LogP contribution in [0.25, 0.3) is 5.52 Å².